The molecule has 44 heavy (non-hydrogen) atoms. The molecule has 8 heteroatoms. The molecule has 0 aromatic heterocycles. The molecule has 1 saturated carbocycles. The lowest BCUT2D eigenvalue weighted by Gasteiger charge is -2.33. The molecule has 2 atom stereocenters. The van der Waals surface area contributed by atoms with Crippen LogP contribution in [0, 0.1) is 0 Å². The summed E-state index contributed by atoms with van der Waals surface area (Å²) in [6, 6.07) is 32.9. The van der Waals surface area contributed by atoms with Crippen LogP contribution in [-0.4, -0.2) is 50.3 Å². The topological polar surface area (TPSA) is 95.1 Å². The Hall–Kier alpha value is -4.98. The van der Waals surface area contributed by atoms with Gasteiger partial charge >= 0.3 is 0 Å². The standard InChI is InChI=1S/C36H38N2O6/c39-35(27-15-19-31(20-16-27)43-25-23-41-29-9-3-1-4-10-29)37-33-13-7-8-14-34(33)38-36(40)28-17-21-32(22-18-28)44-26-24-42-30-11-5-2-6-12-30/h1-6,9-12,15-22,33-34H,7-8,13-14,23-26H2,(H,37,39)(H,38,40). The summed E-state index contributed by atoms with van der Waals surface area (Å²) >= 11 is 0. The van der Waals surface area contributed by atoms with Crippen molar-refractivity contribution in [3.05, 3.63) is 120 Å². The summed E-state index contributed by atoms with van der Waals surface area (Å²) in [6.45, 7) is 1.62. The number of carbonyl (C=O) groups is 2. The number of amides is 2. The number of hydrogen-bond acceptors (Lipinski definition) is 6. The smallest absolute Gasteiger partial charge is 0.251 e. The lowest BCUT2D eigenvalue weighted by Crippen LogP contribution is -2.53. The summed E-state index contributed by atoms with van der Waals surface area (Å²) in [5.74, 6) is 2.57. The fourth-order valence-electron chi connectivity index (χ4n) is 5.06. The van der Waals surface area contributed by atoms with Crippen LogP contribution in [0.2, 0.25) is 0 Å². The Morgan fingerprint density at radius 2 is 0.795 bits per heavy atom. The molecule has 8 nitrogen and oxygen atoms in total. The monoisotopic (exact) mass is 594 g/mol. The number of hydrogen-bond donors (Lipinski definition) is 2. The van der Waals surface area contributed by atoms with E-state index in [0.29, 0.717) is 49.1 Å². The molecule has 0 spiro atoms. The van der Waals surface area contributed by atoms with E-state index in [1.807, 2.05) is 60.7 Å². The molecule has 0 radical (unpaired) electrons. The van der Waals surface area contributed by atoms with Crippen molar-refractivity contribution < 1.29 is 28.5 Å². The summed E-state index contributed by atoms with van der Waals surface area (Å²) in [7, 11) is 0. The normalized spacial score (nSPS) is 15.9. The fraction of sp³-hybridized carbons (Fsp3) is 0.278. The van der Waals surface area contributed by atoms with Crippen LogP contribution < -0.4 is 29.6 Å². The van der Waals surface area contributed by atoms with Crippen LogP contribution >= 0.6 is 0 Å². The predicted octanol–water partition coefficient (Wildman–Crippen LogP) is 6.07. The maximum absolute atomic E-state index is 13.1. The van der Waals surface area contributed by atoms with Crippen molar-refractivity contribution in [2.24, 2.45) is 0 Å². The van der Waals surface area contributed by atoms with Gasteiger partial charge in [0.1, 0.15) is 49.4 Å². The van der Waals surface area contributed by atoms with Crippen molar-refractivity contribution in [2.45, 2.75) is 37.8 Å². The summed E-state index contributed by atoms with van der Waals surface area (Å²) in [4.78, 5) is 26.1. The van der Waals surface area contributed by atoms with Gasteiger partial charge in [-0.3, -0.25) is 9.59 Å². The lowest BCUT2D eigenvalue weighted by molar-refractivity contribution is 0.0862. The van der Waals surface area contributed by atoms with Gasteiger partial charge in [-0.2, -0.15) is 0 Å². The highest BCUT2D eigenvalue weighted by Crippen LogP contribution is 2.21. The van der Waals surface area contributed by atoms with Gasteiger partial charge in [0, 0.05) is 23.2 Å². The van der Waals surface area contributed by atoms with E-state index in [9.17, 15) is 9.59 Å². The molecule has 2 N–H and O–H groups in total. The van der Waals surface area contributed by atoms with Crippen molar-refractivity contribution in [1.82, 2.24) is 10.6 Å². The first kappa shape index (κ1) is 30.5. The van der Waals surface area contributed by atoms with Crippen LogP contribution in [0.3, 0.4) is 0 Å². The van der Waals surface area contributed by atoms with Crippen LogP contribution in [0.5, 0.6) is 23.0 Å². The number of rotatable bonds is 14. The van der Waals surface area contributed by atoms with E-state index in [-0.39, 0.29) is 23.9 Å². The number of benzene rings is 4. The quantitative estimate of drug-likeness (QED) is 0.172. The van der Waals surface area contributed by atoms with Crippen LogP contribution in [0.1, 0.15) is 46.4 Å². The van der Waals surface area contributed by atoms with Gasteiger partial charge in [-0.05, 0) is 85.6 Å². The molecule has 2 unspecified atom stereocenters. The molecule has 1 fully saturated rings. The molecule has 4 aromatic rings. The molecule has 5 rings (SSSR count). The van der Waals surface area contributed by atoms with Crippen molar-refractivity contribution in [3.8, 4) is 23.0 Å². The second-order valence-corrected chi connectivity index (χ2v) is 10.5. The van der Waals surface area contributed by atoms with Crippen molar-refractivity contribution in [1.29, 1.82) is 0 Å². The Morgan fingerprint density at radius 3 is 1.14 bits per heavy atom. The Bertz CT molecular complexity index is 1330. The Balaban J connectivity index is 1.05. The number of nitrogens with one attached hydrogen (secondary N) is 2. The van der Waals surface area contributed by atoms with E-state index in [2.05, 4.69) is 10.6 Å². The molecule has 228 valence electrons. The Labute approximate surface area is 258 Å². The molecular formula is C36H38N2O6. The maximum atomic E-state index is 13.1. The minimum absolute atomic E-state index is 0.154. The van der Waals surface area contributed by atoms with Gasteiger partial charge in [0.2, 0.25) is 0 Å². The number of para-hydroxylation sites is 2. The van der Waals surface area contributed by atoms with Gasteiger partial charge in [0.05, 0.1) is 0 Å². The molecule has 0 heterocycles. The minimum atomic E-state index is -0.173. The van der Waals surface area contributed by atoms with Gasteiger partial charge < -0.3 is 29.6 Å². The highest BCUT2D eigenvalue weighted by atomic mass is 16.5. The van der Waals surface area contributed by atoms with E-state index >= 15 is 0 Å². The van der Waals surface area contributed by atoms with Crippen LogP contribution in [0.4, 0.5) is 0 Å². The van der Waals surface area contributed by atoms with E-state index in [1.54, 1.807) is 48.5 Å². The van der Waals surface area contributed by atoms with Crippen LogP contribution in [0.25, 0.3) is 0 Å². The van der Waals surface area contributed by atoms with Crippen molar-refractivity contribution >= 4 is 11.8 Å². The number of ether oxygens (including phenoxy) is 4. The van der Waals surface area contributed by atoms with Crippen LogP contribution in [-0.2, 0) is 0 Å². The summed E-state index contributed by atoms with van der Waals surface area (Å²) in [5.41, 5.74) is 1.08. The zero-order valence-corrected chi connectivity index (χ0v) is 24.7. The van der Waals surface area contributed by atoms with Gasteiger partial charge in [-0.25, -0.2) is 0 Å². The average Bonchev–Trinajstić information content (AvgIpc) is 3.07. The van der Waals surface area contributed by atoms with Crippen LogP contribution in [0.15, 0.2) is 109 Å². The second-order valence-electron chi connectivity index (χ2n) is 10.5. The van der Waals surface area contributed by atoms with Crippen molar-refractivity contribution in [3.63, 3.8) is 0 Å². The molecule has 2 amide bonds. The van der Waals surface area contributed by atoms with Gasteiger partial charge in [0.15, 0.2) is 0 Å². The molecular weight excluding hydrogens is 556 g/mol. The molecule has 0 aliphatic heterocycles. The SMILES string of the molecule is O=C(NC1CCCCC1NC(=O)c1ccc(OCCOc2ccccc2)cc1)c1ccc(OCCOc2ccccc2)cc1. The zero-order valence-electron chi connectivity index (χ0n) is 24.7. The highest BCUT2D eigenvalue weighted by molar-refractivity contribution is 5.95. The summed E-state index contributed by atoms with van der Waals surface area (Å²) in [6.07, 6.45) is 3.60. The first-order valence-electron chi connectivity index (χ1n) is 15.1. The van der Waals surface area contributed by atoms with Gasteiger partial charge in [0.25, 0.3) is 11.8 Å². The molecule has 4 aromatic carbocycles. The maximum Gasteiger partial charge on any atom is 0.251 e. The third kappa shape index (κ3) is 9.26. The first-order chi connectivity index (χ1) is 21.6. The lowest BCUT2D eigenvalue weighted by atomic mass is 9.89. The first-order valence-corrected chi connectivity index (χ1v) is 15.1. The van der Waals surface area contributed by atoms with Gasteiger partial charge in [-0.15, -0.1) is 0 Å². The zero-order chi connectivity index (χ0) is 30.4. The second kappa shape index (κ2) is 16.0. The number of carbonyl (C=O) groups excluding carboxylic acids is 2. The average molecular weight is 595 g/mol. The highest BCUT2D eigenvalue weighted by Gasteiger charge is 2.28. The van der Waals surface area contributed by atoms with E-state index in [0.717, 1.165) is 37.2 Å². The molecule has 1 aliphatic carbocycles. The fourth-order valence-corrected chi connectivity index (χ4v) is 5.06. The third-order valence-electron chi connectivity index (χ3n) is 7.36. The minimum Gasteiger partial charge on any atom is -0.490 e. The Morgan fingerprint density at radius 1 is 0.477 bits per heavy atom. The predicted molar refractivity (Wildman–Crippen MR) is 169 cm³/mol. The molecule has 0 saturated heterocycles. The third-order valence-corrected chi connectivity index (χ3v) is 7.36. The van der Waals surface area contributed by atoms with E-state index in [4.69, 9.17) is 18.9 Å². The summed E-state index contributed by atoms with van der Waals surface area (Å²) in [5, 5.41) is 6.27. The molecule has 1 aliphatic rings. The largest absolute Gasteiger partial charge is 0.490 e. The van der Waals surface area contributed by atoms with E-state index < -0.39 is 0 Å². The summed E-state index contributed by atoms with van der Waals surface area (Å²) < 4.78 is 22.8. The van der Waals surface area contributed by atoms with E-state index in [1.165, 1.54) is 0 Å². The Kier molecular flexibility index (Phi) is 11.1. The molecule has 0 bridgehead atoms. The van der Waals surface area contributed by atoms with Gasteiger partial charge in [-0.1, -0.05) is 49.2 Å². The van der Waals surface area contributed by atoms with Crippen molar-refractivity contribution in [2.75, 3.05) is 26.4 Å².